The first kappa shape index (κ1) is 10.9. The normalized spacial score (nSPS) is 12.3. The molecular weight excluding hydrogens is 158 g/mol. The van der Waals surface area contributed by atoms with E-state index in [9.17, 15) is 9.59 Å². The molecule has 0 aromatic heterocycles. The first-order valence-electron chi connectivity index (χ1n) is 3.99. The molecule has 0 saturated carbocycles. The zero-order valence-electron chi connectivity index (χ0n) is 7.66. The van der Waals surface area contributed by atoms with Gasteiger partial charge in [-0.15, -0.1) is 0 Å². The van der Waals surface area contributed by atoms with Gasteiger partial charge in [0.1, 0.15) is 6.04 Å². The molecule has 0 spiro atoms. The second-order valence-electron chi connectivity index (χ2n) is 2.76. The van der Waals surface area contributed by atoms with Crippen molar-refractivity contribution in [1.82, 2.24) is 5.32 Å². The lowest BCUT2D eigenvalue weighted by Gasteiger charge is -2.17. The zero-order valence-corrected chi connectivity index (χ0v) is 7.66. The summed E-state index contributed by atoms with van der Waals surface area (Å²) in [7, 11) is 0. The van der Waals surface area contributed by atoms with Gasteiger partial charge in [-0.05, 0) is 12.8 Å². The number of esters is 1. The van der Waals surface area contributed by atoms with E-state index in [-0.39, 0.29) is 11.9 Å². The number of carbonyl (C=O) groups excluding carboxylic acids is 2. The van der Waals surface area contributed by atoms with Crippen LogP contribution >= 0.6 is 0 Å². The highest BCUT2D eigenvalue weighted by atomic mass is 16.5. The molecular formula is C8H15NO3. The molecule has 4 nitrogen and oxygen atoms in total. The van der Waals surface area contributed by atoms with Crippen molar-refractivity contribution in [3.05, 3.63) is 0 Å². The molecule has 12 heavy (non-hydrogen) atoms. The van der Waals surface area contributed by atoms with Gasteiger partial charge >= 0.3 is 5.97 Å². The van der Waals surface area contributed by atoms with Crippen molar-refractivity contribution < 1.29 is 14.3 Å². The van der Waals surface area contributed by atoms with Crippen molar-refractivity contribution in [3.63, 3.8) is 0 Å². The lowest BCUT2D eigenvalue weighted by Crippen LogP contribution is -2.41. The van der Waals surface area contributed by atoms with E-state index in [4.69, 9.17) is 4.74 Å². The molecule has 1 atom stereocenters. The number of amides is 1. The molecule has 4 heteroatoms. The quantitative estimate of drug-likeness (QED) is 0.481. The highest BCUT2D eigenvalue weighted by Gasteiger charge is 2.21. The molecule has 0 aliphatic rings. The van der Waals surface area contributed by atoms with Crippen LogP contribution in [0.3, 0.4) is 0 Å². The fraction of sp³-hybridized carbons (Fsp3) is 0.750. The van der Waals surface area contributed by atoms with Crippen molar-refractivity contribution in [2.45, 2.75) is 26.8 Å². The third-order valence-corrected chi connectivity index (χ3v) is 1.45. The van der Waals surface area contributed by atoms with Gasteiger partial charge < -0.3 is 10.1 Å². The van der Waals surface area contributed by atoms with E-state index in [1.165, 1.54) is 0 Å². The van der Waals surface area contributed by atoms with Crippen molar-refractivity contribution >= 4 is 12.4 Å². The van der Waals surface area contributed by atoms with Gasteiger partial charge in [-0.1, -0.05) is 13.8 Å². The Hall–Kier alpha value is -1.06. The van der Waals surface area contributed by atoms with Crippen molar-refractivity contribution in [3.8, 4) is 0 Å². The molecule has 0 aliphatic carbocycles. The highest BCUT2D eigenvalue weighted by Crippen LogP contribution is 2.02. The lowest BCUT2D eigenvalue weighted by atomic mass is 10.1. The van der Waals surface area contributed by atoms with Crippen LogP contribution in [0.15, 0.2) is 0 Å². The molecule has 0 rings (SSSR count). The Bertz CT molecular complexity index is 156. The standard InChI is InChI=1S/C8H15NO3/c1-4-12-8(11)7(6(2)3)9-5-10/h5-7H,4H2,1-3H3,(H,9,10). The van der Waals surface area contributed by atoms with Gasteiger partial charge in [0.25, 0.3) is 0 Å². The van der Waals surface area contributed by atoms with Crippen LogP contribution in [-0.2, 0) is 14.3 Å². The summed E-state index contributed by atoms with van der Waals surface area (Å²) in [4.78, 5) is 21.2. The minimum absolute atomic E-state index is 0.0502. The summed E-state index contributed by atoms with van der Waals surface area (Å²) < 4.78 is 4.76. The van der Waals surface area contributed by atoms with E-state index in [2.05, 4.69) is 5.32 Å². The first-order chi connectivity index (χ1) is 5.63. The van der Waals surface area contributed by atoms with Gasteiger partial charge in [0.2, 0.25) is 6.41 Å². The van der Waals surface area contributed by atoms with Gasteiger partial charge in [0.05, 0.1) is 6.61 Å². The van der Waals surface area contributed by atoms with Gasteiger partial charge in [-0.3, -0.25) is 4.79 Å². The second-order valence-corrected chi connectivity index (χ2v) is 2.76. The summed E-state index contributed by atoms with van der Waals surface area (Å²) in [5.74, 6) is -0.325. The Labute approximate surface area is 72.3 Å². The van der Waals surface area contributed by atoms with Crippen LogP contribution in [0, 0.1) is 5.92 Å². The number of nitrogens with one attached hydrogen (secondary N) is 1. The Kier molecular flexibility index (Phi) is 5.08. The first-order valence-corrected chi connectivity index (χ1v) is 3.99. The molecule has 1 unspecified atom stereocenters. The SMILES string of the molecule is CCOC(=O)C(NC=O)C(C)C. The lowest BCUT2D eigenvalue weighted by molar-refractivity contribution is -0.147. The van der Waals surface area contributed by atoms with Gasteiger partial charge in [-0.25, -0.2) is 4.79 Å². The molecule has 0 bridgehead atoms. The molecule has 0 aromatic rings. The Morgan fingerprint density at radius 2 is 2.17 bits per heavy atom. The van der Waals surface area contributed by atoms with Crippen LogP contribution in [-0.4, -0.2) is 25.0 Å². The molecule has 1 N–H and O–H groups in total. The maximum atomic E-state index is 11.1. The predicted molar refractivity (Wildman–Crippen MR) is 44.5 cm³/mol. The topological polar surface area (TPSA) is 55.4 Å². The molecule has 0 aromatic carbocycles. The number of carbonyl (C=O) groups is 2. The Morgan fingerprint density at radius 3 is 2.50 bits per heavy atom. The number of rotatable bonds is 5. The maximum Gasteiger partial charge on any atom is 0.328 e. The smallest absolute Gasteiger partial charge is 0.328 e. The Morgan fingerprint density at radius 1 is 1.58 bits per heavy atom. The van der Waals surface area contributed by atoms with Crippen LogP contribution < -0.4 is 5.32 Å². The van der Waals surface area contributed by atoms with Crippen molar-refractivity contribution in [2.75, 3.05) is 6.61 Å². The summed E-state index contributed by atoms with van der Waals surface area (Å²) in [5.41, 5.74) is 0. The van der Waals surface area contributed by atoms with Crippen LogP contribution in [0.25, 0.3) is 0 Å². The van der Waals surface area contributed by atoms with Gasteiger partial charge in [0, 0.05) is 0 Å². The zero-order chi connectivity index (χ0) is 9.56. The summed E-state index contributed by atoms with van der Waals surface area (Å²) in [6.07, 6.45) is 0.515. The van der Waals surface area contributed by atoms with E-state index in [0.717, 1.165) is 0 Å². The van der Waals surface area contributed by atoms with E-state index in [0.29, 0.717) is 13.0 Å². The monoisotopic (exact) mass is 173 g/mol. The van der Waals surface area contributed by atoms with Crippen LogP contribution in [0.5, 0.6) is 0 Å². The number of ether oxygens (including phenoxy) is 1. The molecule has 0 fully saturated rings. The van der Waals surface area contributed by atoms with Crippen molar-refractivity contribution in [2.24, 2.45) is 5.92 Å². The summed E-state index contributed by atoms with van der Waals surface area (Å²) in [6, 6.07) is -0.526. The summed E-state index contributed by atoms with van der Waals surface area (Å²) in [5, 5.41) is 2.41. The predicted octanol–water partition coefficient (Wildman–Crippen LogP) is 0.320. The Balaban J connectivity index is 4.08. The molecule has 1 amide bonds. The van der Waals surface area contributed by atoms with E-state index in [1.807, 2.05) is 13.8 Å². The molecule has 0 heterocycles. The maximum absolute atomic E-state index is 11.1. The third kappa shape index (κ3) is 3.37. The molecule has 0 aliphatic heterocycles. The van der Waals surface area contributed by atoms with E-state index >= 15 is 0 Å². The van der Waals surface area contributed by atoms with Crippen LogP contribution in [0.2, 0.25) is 0 Å². The molecule has 70 valence electrons. The number of hydrogen-bond acceptors (Lipinski definition) is 3. The summed E-state index contributed by atoms with van der Waals surface area (Å²) >= 11 is 0. The van der Waals surface area contributed by atoms with Gasteiger partial charge in [-0.2, -0.15) is 0 Å². The third-order valence-electron chi connectivity index (χ3n) is 1.45. The average molecular weight is 173 g/mol. The van der Waals surface area contributed by atoms with Gasteiger partial charge in [0.15, 0.2) is 0 Å². The van der Waals surface area contributed by atoms with Crippen LogP contribution in [0.1, 0.15) is 20.8 Å². The van der Waals surface area contributed by atoms with Crippen LogP contribution in [0.4, 0.5) is 0 Å². The highest BCUT2D eigenvalue weighted by molar-refractivity contribution is 5.78. The minimum Gasteiger partial charge on any atom is -0.464 e. The van der Waals surface area contributed by atoms with Crippen molar-refractivity contribution in [1.29, 1.82) is 0 Å². The van der Waals surface area contributed by atoms with E-state index < -0.39 is 6.04 Å². The summed E-state index contributed by atoms with van der Waals surface area (Å²) in [6.45, 7) is 5.76. The van der Waals surface area contributed by atoms with E-state index in [1.54, 1.807) is 6.92 Å². The average Bonchev–Trinajstić information content (AvgIpc) is 1.99. The molecule has 0 saturated heterocycles. The largest absolute Gasteiger partial charge is 0.464 e. The number of hydrogen-bond donors (Lipinski definition) is 1. The fourth-order valence-electron chi connectivity index (χ4n) is 0.838. The minimum atomic E-state index is -0.526. The fourth-order valence-corrected chi connectivity index (χ4v) is 0.838. The second kappa shape index (κ2) is 5.57. The molecule has 0 radical (unpaired) electrons.